The Morgan fingerprint density at radius 2 is 2.16 bits per heavy atom. The lowest BCUT2D eigenvalue weighted by Crippen LogP contribution is -2.48. The van der Waals surface area contributed by atoms with Crippen molar-refractivity contribution in [2.45, 2.75) is 19.4 Å². The Labute approximate surface area is 146 Å². The van der Waals surface area contributed by atoms with Gasteiger partial charge in [-0.25, -0.2) is 4.39 Å². The van der Waals surface area contributed by atoms with Crippen molar-refractivity contribution >= 4 is 17.5 Å². The van der Waals surface area contributed by atoms with Crippen LogP contribution in [0.4, 0.5) is 10.1 Å². The molecule has 2 aliphatic heterocycles. The molecule has 1 N–H and O–H groups in total. The van der Waals surface area contributed by atoms with Crippen molar-refractivity contribution in [3.63, 3.8) is 0 Å². The van der Waals surface area contributed by atoms with Crippen molar-refractivity contribution in [1.29, 1.82) is 0 Å². The normalized spacial score (nSPS) is 22.9. The van der Waals surface area contributed by atoms with Crippen LogP contribution in [0.5, 0.6) is 0 Å². The van der Waals surface area contributed by atoms with Crippen molar-refractivity contribution in [2.24, 2.45) is 5.92 Å². The number of amides is 2. The second kappa shape index (κ2) is 7.93. The van der Waals surface area contributed by atoms with Crippen molar-refractivity contribution in [2.75, 3.05) is 44.3 Å². The molecular weight excluding hydrogens is 325 g/mol. The van der Waals surface area contributed by atoms with Crippen LogP contribution in [0.25, 0.3) is 0 Å². The average Bonchev–Trinajstić information content (AvgIpc) is 3.02. The average molecular weight is 349 g/mol. The van der Waals surface area contributed by atoms with E-state index < -0.39 is 11.7 Å². The third kappa shape index (κ3) is 4.35. The predicted octanol–water partition coefficient (Wildman–Crippen LogP) is 1.02. The van der Waals surface area contributed by atoms with Gasteiger partial charge in [0.1, 0.15) is 5.82 Å². The third-order valence-corrected chi connectivity index (χ3v) is 4.86. The van der Waals surface area contributed by atoms with E-state index in [0.717, 1.165) is 26.3 Å². The molecule has 0 radical (unpaired) electrons. The first kappa shape index (κ1) is 17.8. The number of carbonyl (C=O) groups excluding carboxylic acids is 2. The van der Waals surface area contributed by atoms with E-state index in [1.807, 2.05) is 0 Å². The summed E-state index contributed by atoms with van der Waals surface area (Å²) < 4.78 is 18.7. The lowest BCUT2D eigenvalue weighted by Gasteiger charge is -2.32. The van der Waals surface area contributed by atoms with Crippen molar-refractivity contribution < 1.29 is 18.7 Å². The van der Waals surface area contributed by atoms with Gasteiger partial charge in [0.05, 0.1) is 19.1 Å². The van der Waals surface area contributed by atoms with E-state index in [9.17, 15) is 14.0 Å². The maximum absolute atomic E-state index is 13.4. The molecule has 2 aliphatic rings. The van der Waals surface area contributed by atoms with Crippen molar-refractivity contribution in [3.8, 4) is 0 Å². The molecule has 7 heteroatoms. The van der Waals surface area contributed by atoms with Gasteiger partial charge in [-0.3, -0.25) is 14.5 Å². The van der Waals surface area contributed by atoms with Crippen LogP contribution < -0.4 is 10.2 Å². The maximum atomic E-state index is 13.4. The van der Waals surface area contributed by atoms with Gasteiger partial charge < -0.3 is 15.0 Å². The Kier molecular flexibility index (Phi) is 5.65. The zero-order valence-electron chi connectivity index (χ0n) is 14.4. The van der Waals surface area contributed by atoms with Crippen LogP contribution in [0.2, 0.25) is 0 Å². The number of nitrogens with one attached hydrogen (secondary N) is 1. The molecule has 2 atom stereocenters. The number of anilines is 1. The molecule has 0 unspecified atom stereocenters. The van der Waals surface area contributed by atoms with E-state index in [4.69, 9.17) is 4.74 Å². The van der Waals surface area contributed by atoms with Gasteiger partial charge >= 0.3 is 0 Å². The third-order valence-electron chi connectivity index (χ3n) is 4.86. The molecule has 2 heterocycles. The minimum absolute atomic E-state index is 0.118. The molecule has 0 saturated carbocycles. The van der Waals surface area contributed by atoms with E-state index in [0.29, 0.717) is 18.8 Å². The van der Waals surface area contributed by atoms with Gasteiger partial charge in [-0.15, -0.1) is 0 Å². The molecule has 136 valence electrons. The molecule has 1 aromatic carbocycles. The molecule has 2 fully saturated rings. The van der Waals surface area contributed by atoms with Crippen LogP contribution in [0.3, 0.4) is 0 Å². The van der Waals surface area contributed by atoms with Crippen molar-refractivity contribution in [1.82, 2.24) is 10.2 Å². The SMILES string of the molecule is C[C@@H](CNC(=O)[C@@H]1CC(=O)N(c2cccc(F)c2)C1)N1CCOCC1. The highest BCUT2D eigenvalue weighted by molar-refractivity contribution is 6.00. The van der Waals surface area contributed by atoms with Gasteiger partial charge in [-0.05, 0) is 25.1 Å². The molecule has 2 saturated heterocycles. The first-order valence-corrected chi connectivity index (χ1v) is 8.70. The summed E-state index contributed by atoms with van der Waals surface area (Å²) in [6, 6.07) is 6.13. The standard InChI is InChI=1S/C18H24FN3O3/c1-13(21-5-7-25-8-6-21)11-20-18(24)14-9-17(23)22(12-14)16-4-2-3-15(19)10-16/h2-4,10,13-14H,5-9,11-12H2,1H3,(H,20,24)/t13-,14+/m0/s1. The number of halogens is 1. The van der Waals surface area contributed by atoms with Crippen LogP contribution in [-0.2, 0) is 14.3 Å². The number of ether oxygens (including phenoxy) is 1. The number of hydrogen-bond acceptors (Lipinski definition) is 4. The Balaban J connectivity index is 1.52. The summed E-state index contributed by atoms with van der Waals surface area (Å²) >= 11 is 0. The minimum Gasteiger partial charge on any atom is -0.379 e. The quantitative estimate of drug-likeness (QED) is 0.862. The first-order valence-electron chi connectivity index (χ1n) is 8.70. The zero-order valence-corrected chi connectivity index (χ0v) is 14.4. The fraction of sp³-hybridized carbons (Fsp3) is 0.556. The van der Waals surface area contributed by atoms with Crippen molar-refractivity contribution in [3.05, 3.63) is 30.1 Å². The topological polar surface area (TPSA) is 61.9 Å². The molecule has 2 amide bonds. The monoisotopic (exact) mass is 349 g/mol. The molecule has 0 aliphatic carbocycles. The highest BCUT2D eigenvalue weighted by Gasteiger charge is 2.35. The first-order chi connectivity index (χ1) is 12.0. The Bertz CT molecular complexity index is 634. The predicted molar refractivity (Wildman–Crippen MR) is 91.7 cm³/mol. The second-order valence-electron chi connectivity index (χ2n) is 6.63. The van der Waals surface area contributed by atoms with Crippen LogP contribution in [0.1, 0.15) is 13.3 Å². The molecule has 3 rings (SSSR count). The Morgan fingerprint density at radius 3 is 2.88 bits per heavy atom. The number of carbonyl (C=O) groups is 2. The Hall–Kier alpha value is -1.99. The number of nitrogens with zero attached hydrogens (tertiary/aromatic N) is 2. The largest absolute Gasteiger partial charge is 0.379 e. The summed E-state index contributed by atoms with van der Waals surface area (Å²) in [4.78, 5) is 28.4. The summed E-state index contributed by atoms with van der Waals surface area (Å²) in [5.41, 5.74) is 0.502. The number of benzene rings is 1. The maximum Gasteiger partial charge on any atom is 0.227 e. The van der Waals surface area contributed by atoms with E-state index in [2.05, 4.69) is 17.1 Å². The summed E-state index contributed by atoms with van der Waals surface area (Å²) in [6.45, 7) is 6.09. The summed E-state index contributed by atoms with van der Waals surface area (Å²) in [5, 5.41) is 2.95. The van der Waals surface area contributed by atoms with Gasteiger partial charge in [0.25, 0.3) is 0 Å². The van der Waals surface area contributed by atoms with Gasteiger partial charge in [-0.2, -0.15) is 0 Å². The lowest BCUT2D eigenvalue weighted by molar-refractivity contribution is -0.126. The van der Waals surface area contributed by atoms with Gasteiger partial charge in [0, 0.05) is 44.3 Å². The highest BCUT2D eigenvalue weighted by Crippen LogP contribution is 2.25. The molecule has 0 spiro atoms. The molecule has 6 nitrogen and oxygen atoms in total. The zero-order chi connectivity index (χ0) is 17.8. The van der Waals surface area contributed by atoms with E-state index >= 15 is 0 Å². The van der Waals surface area contributed by atoms with Gasteiger partial charge in [-0.1, -0.05) is 6.07 Å². The molecule has 25 heavy (non-hydrogen) atoms. The summed E-state index contributed by atoms with van der Waals surface area (Å²) in [6.07, 6.45) is 0.161. The van der Waals surface area contributed by atoms with Crippen LogP contribution >= 0.6 is 0 Å². The molecule has 0 bridgehead atoms. The smallest absolute Gasteiger partial charge is 0.227 e. The fourth-order valence-corrected chi connectivity index (χ4v) is 3.32. The molecule has 1 aromatic rings. The number of morpholine rings is 1. The second-order valence-corrected chi connectivity index (χ2v) is 6.63. The van der Waals surface area contributed by atoms with E-state index in [-0.39, 0.29) is 24.3 Å². The van der Waals surface area contributed by atoms with Crippen LogP contribution in [-0.4, -0.2) is 62.1 Å². The van der Waals surface area contributed by atoms with E-state index in [1.165, 1.54) is 17.0 Å². The lowest BCUT2D eigenvalue weighted by atomic mass is 10.1. The minimum atomic E-state index is -0.396. The van der Waals surface area contributed by atoms with Gasteiger partial charge in [0.15, 0.2) is 0 Å². The van der Waals surface area contributed by atoms with E-state index in [1.54, 1.807) is 12.1 Å². The summed E-state index contributed by atoms with van der Waals surface area (Å²) in [5.74, 6) is -1.05. The number of hydrogen-bond donors (Lipinski definition) is 1. The van der Waals surface area contributed by atoms with Crippen LogP contribution in [0.15, 0.2) is 24.3 Å². The highest BCUT2D eigenvalue weighted by atomic mass is 19.1. The summed E-state index contributed by atoms with van der Waals surface area (Å²) in [7, 11) is 0. The van der Waals surface area contributed by atoms with Gasteiger partial charge in [0.2, 0.25) is 11.8 Å². The molecular formula is C18H24FN3O3. The number of rotatable bonds is 5. The Morgan fingerprint density at radius 1 is 1.40 bits per heavy atom. The molecule has 0 aromatic heterocycles. The van der Waals surface area contributed by atoms with Crippen LogP contribution in [0, 0.1) is 11.7 Å². The fourth-order valence-electron chi connectivity index (χ4n) is 3.32.